The van der Waals surface area contributed by atoms with Gasteiger partial charge in [-0.3, -0.25) is 4.79 Å². The highest BCUT2D eigenvalue weighted by Gasteiger charge is 2.64. The molecule has 0 amide bonds. The number of rotatable bonds is 3. The summed E-state index contributed by atoms with van der Waals surface area (Å²) < 4.78 is 11.9. The molecule has 2 atom stereocenters. The Hall–Kier alpha value is -3.64. The molecule has 2 aromatic carbocycles. The van der Waals surface area contributed by atoms with Gasteiger partial charge in [-0.05, 0) is 35.2 Å². The van der Waals surface area contributed by atoms with Crippen molar-refractivity contribution in [2.75, 3.05) is 5.01 Å². The third kappa shape index (κ3) is 2.28. The first kappa shape index (κ1) is 17.2. The minimum absolute atomic E-state index is 0.0859. The molecule has 0 aliphatic carbocycles. The standard InChI is InChI=1S/C24H16N2O3S/c27-23-22-19(12-14-30-22)29-24(23)20(17-11-13-28-15-17)21(16-7-3-1-4-8-16)25-26(24)18-9-5-2-6-10-18/h1-15,20H. The summed E-state index contributed by atoms with van der Waals surface area (Å²) in [6.45, 7) is 0. The normalized spacial score (nSPS) is 22.3. The number of ether oxygens (including phenoxy) is 1. The fourth-order valence-corrected chi connectivity index (χ4v) is 5.08. The van der Waals surface area contributed by atoms with Crippen molar-refractivity contribution in [3.63, 3.8) is 0 Å². The van der Waals surface area contributed by atoms with Gasteiger partial charge in [0.15, 0.2) is 0 Å². The molecule has 0 bridgehead atoms. The first-order chi connectivity index (χ1) is 14.8. The molecule has 4 heterocycles. The Balaban J connectivity index is 1.62. The predicted octanol–water partition coefficient (Wildman–Crippen LogP) is 5.32. The van der Waals surface area contributed by atoms with Crippen LogP contribution in [-0.4, -0.2) is 17.2 Å². The molecule has 0 saturated heterocycles. The zero-order chi connectivity index (χ0) is 20.1. The van der Waals surface area contributed by atoms with E-state index >= 15 is 0 Å². The molecule has 0 N–H and O–H groups in total. The molecule has 6 heteroatoms. The van der Waals surface area contributed by atoms with E-state index < -0.39 is 11.6 Å². The Kier molecular flexibility index (Phi) is 3.70. The molecule has 2 unspecified atom stereocenters. The Morgan fingerprint density at radius 2 is 1.73 bits per heavy atom. The number of benzene rings is 2. The Bertz CT molecular complexity index is 1250. The summed E-state index contributed by atoms with van der Waals surface area (Å²) in [5.74, 6) is 0.0622. The van der Waals surface area contributed by atoms with E-state index in [1.54, 1.807) is 17.5 Å². The van der Waals surface area contributed by atoms with Crippen molar-refractivity contribution in [2.24, 2.45) is 5.10 Å². The predicted molar refractivity (Wildman–Crippen MR) is 115 cm³/mol. The maximum Gasteiger partial charge on any atom is 0.279 e. The second-order valence-electron chi connectivity index (χ2n) is 7.23. The highest BCUT2D eigenvalue weighted by molar-refractivity contribution is 7.12. The summed E-state index contributed by atoms with van der Waals surface area (Å²) in [4.78, 5) is 14.5. The van der Waals surface area contributed by atoms with E-state index in [4.69, 9.17) is 14.3 Å². The number of thiophene rings is 1. The summed E-state index contributed by atoms with van der Waals surface area (Å²) in [5.41, 5.74) is 2.01. The summed E-state index contributed by atoms with van der Waals surface area (Å²) in [5, 5.41) is 8.60. The van der Waals surface area contributed by atoms with Gasteiger partial charge < -0.3 is 9.15 Å². The topological polar surface area (TPSA) is 55.0 Å². The van der Waals surface area contributed by atoms with Crippen molar-refractivity contribution in [3.05, 3.63) is 107 Å². The highest BCUT2D eigenvalue weighted by atomic mass is 32.1. The fourth-order valence-electron chi connectivity index (χ4n) is 4.27. The number of nitrogens with zero attached hydrogens (tertiary/aromatic N) is 2. The van der Waals surface area contributed by atoms with Gasteiger partial charge in [0.1, 0.15) is 16.5 Å². The Morgan fingerprint density at radius 1 is 0.967 bits per heavy atom. The second-order valence-corrected chi connectivity index (χ2v) is 8.15. The number of para-hydroxylation sites is 1. The summed E-state index contributed by atoms with van der Waals surface area (Å²) >= 11 is 1.40. The summed E-state index contributed by atoms with van der Waals surface area (Å²) in [6.07, 6.45) is 3.29. The minimum Gasteiger partial charge on any atom is -0.472 e. The van der Waals surface area contributed by atoms with Crippen molar-refractivity contribution in [1.29, 1.82) is 0 Å². The van der Waals surface area contributed by atoms with Crippen LogP contribution in [0.15, 0.2) is 100 Å². The molecule has 6 rings (SSSR count). The maximum absolute atomic E-state index is 13.9. The van der Waals surface area contributed by atoms with Gasteiger partial charge in [0, 0.05) is 5.56 Å². The zero-order valence-corrected chi connectivity index (χ0v) is 16.6. The molecule has 2 aliphatic heterocycles. The Labute approximate surface area is 176 Å². The molecule has 5 nitrogen and oxygen atoms in total. The van der Waals surface area contributed by atoms with E-state index in [9.17, 15) is 4.79 Å². The highest BCUT2D eigenvalue weighted by Crippen LogP contribution is 2.52. The first-order valence-corrected chi connectivity index (χ1v) is 10.5. The molecule has 0 radical (unpaired) electrons. The van der Waals surface area contributed by atoms with Crippen LogP contribution in [0.3, 0.4) is 0 Å². The third-order valence-corrected chi connectivity index (χ3v) is 6.45. The molecule has 30 heavy (non-hydrogen) atoms. The zero-order valence-electron chi connectivity index (χ0n) is 15.8. The number of anilines is 1. The number of furan rings is 1. The summed E-state index contributed by atoms with van der Waals surface area (Å²) in [7, 11) is 0. The SMILES string of the molecule is O=C1c2sccc2OC12C(c1ccoc1)C(c1ccccc1)=NN2c1ccccc1. The van der Waals surface area contributed by atoms with Crippen LogP contribution in [0.2, 0.25) is 0 Å². The fraction of sp³-hybridized carbons (Fsp3) is 0.0833. The number of ketones is 1. The van der Waals surface area contributed by atoms with Gasteiger partial charge in [-0.15, -0.1) is 11.3 Å². The quantitative estimate of drug-likeness (QED) is 0.457. The number of hydrogen-bond donors (Lipinski definition) is 0. The van der Waals surface area contributed by atoms with Crippen molar-refractivity contribution in [2.45, 2.75) is 11.6 Å². The van der Waals surface area contributed by atoms with Gasteiger partial charge in [0.2, 0.25) is 5.78 Å². The first-order valence-electron chi connectivity index (χ1n) is 9.61. The number of carbonyl (C=O) groups is 1. The van der Waals surface area contributed by atoms with Gasteiger partial charge in [0.25, 0.3) is 5.72 Å². The largest absolute Gasteiger partial charge is 0.472 e. The van der Waals surface area contributed by atoms with Gasteiger partial charge in [-0.1, -0.05) is 48.5 Å². The van der Waals surface area contributed by atoms with E-state index in [1.807, 2.05) is 78.2 Å². The van der Waals surface area contributed by atoms with E-state index in [0.29, 0.717) is 10.6 Å². The van der Waals surface area contributed by atoms with Gasteiger partial charge >= 0.3 is 0 Å². The second kappa shape index (κ2) is 6.43. The van der Waals surface area contributed by atoms with Crippen LogP contribution in [0.5, 0.6) is 5.75 Å². The molecular weight excluding hydrogens is 396 g/mol. The summed E-state index contributed by atoms with van der Waals surface area (Å²) in [6, 6.07) is 23.3. The van der Waals surface area contributed by atoms with Crippen LogP contribution >= 0.6 is 11.3 Å². The van der Waals surface area contributed by atoms with E-state index in [2.05, 4.69) is 0 Å². The van der Waals surface area contributed by atoms with Crippen LogP contribution in [0, 0.1) is 0 Å². The minimum atomic E-state index is -1.33. The number of hydrazone groups is 1. The average molecular weight is 412 g/mol. The van der Waals surface area contributed by atoms with E-state index in [0.717, 1.165) is 22.5 Å². The Morgan fingerprint density at radius 3 is 2.43 bits per heavy atom. The molecule has 146 valence electrons. The van der Waals surface area contributed by atoms with Gasteiger partial charge in [0.05, 0.1) is 23.9 Å². The lowest BCUT2D eigenvalue weighted by Crippen LogP contribution is -2.56. The molecular formula is C24H16N2O3S. The number of Topliss-reactive ketones (excluding diaryl/α,β-unsaturated/α-hetero) is 1. The van der Waals surface area contributed by atoms with Crippen LogP contribution in [0.25, 0.3) is 0 Å². The maximum atomic E-state index is 13.9. The number of carbonyl (C=O) groups excluding carboxylic acids is 1. The van der Waals surface area contributed by atoms with Crippen LogP contribution in [0.1, 0.15) is 26.7 Å². The lowest BCUT2D eigenvalue weighted by atomic mass is 9.81. The molecule has 2 aromatic heterocycles. The van der Waals surface area contributed by atoms with Crippen molar-refractivity contribution < 1.29 is 13.9 Å². The lowest BCUT2D eigenvalue weighted by molar-refractivity contribution is 0.0547. The smallest absolute Gasteiger partial charge is 0.279 e. The van der Waals surface area contributed by atoms with Crippen LogP contribution in [-0.2, 0) is 0 Å². The van der Waals surface area contributed by atoms with E-state index in [-0.39, 0.29) is 5.78 Å². The molecule has 1 spiro atoms. The number of fused-ring (bicyclic) bond motifs is 1. The van der Waals surface area contributed by atoms with Crippen molar-refractivity contribution >= 4 is 28.5 Å². The molecule has 4 aromatic rings. The molecule has 0 saturated carbocycles. The molecule has 2 aliphatic rings. The van der Waals surface area contributed by atoms with Crippen LogP contribution < -0.4 is 9.75 Å². The average Bonchev–Trinajstić information content (AvgIpc) is 3.57. The van der Waals surface area contributed by atoms with E-state index in [1.165, 1.54) is 11.3 Å². The van der Waals surface area contributed by atoms with Crippen molar-refractivity contribution in [3.8, 4) is 5.75 Å². The van der Waals surface area contributed by atoms with Gasteiger partial charge in [-0.2, -0.15) is 5.10 Å². The number of hydrogen-bond acceptors (Lipinski definition) is 6. The monoisotopic (exact) mass is 412 g/mol. The van der Waals surface area contributed by atoms with Crippen molar-refractivity contribution in [1.82, 2.24) is 0 Å². The lowest BCUT2D eigenvalue weighted by Gasteiger charge is -2.35. The van der Waals surface area contributed by atoms with Crippen LogP contribution in [0.4, 0.5) is 5.69 Å². The van der Waals surface area contributed by atoms with Gasteiger partial charge in [-0.25, -0.2) is 5.01 Å². The third-order valence-electron chi connectivity index (χ3n) is 5.56. The molecule has 0 fully saturated rings.